The molecule has 0 amide bonds. The molecule has 0 unspecified atom stereocenters. The fourth-order valence-electron chi connectivity index (χ4n) is 2.22. The molecule has 0 bridgehead atoms. The Hall–Kier alpha value is -1.96. The third-order valence-corrected chi connectivity index (χ3v) is 5.25. The van der Waals surface area contributed by atoms with Crippen LogP contribution in [-0.4, -0.2) is 22.8 Å². The zero-order chi connectivity index (χ0) is 16.6. The standard InChI is InChI=1S/C15H15ClN4O2S/c1-10-6-13(8-17-15(10)16)23(21,22)18-7-12-9-20-11(2)4-3-5-14(20)19-12/h3-6,8-9,18H,7H2,1-2H3. The average Bonchev–Trinajstić information content (AvgIpc) is 2.93. The van der Waals surface area contributed by atoms with Gasteiger partial charge in [-0.1, -0.05) is 17.7 Å². The number of imidazole rings is 1. The van der Waals surface area contributed by atoms with Crippen molar-refractivity contribution in [3.63, 3.8) is 0 Å². The van der Waals surface area contributed by atoms with Gasteiger partial charge in [-0.25, -0.2) is 23.1 Å². The highest BCUT2D eigenvalue weighted by Crippen LogP contribution is 2.16. The molecule has 6 nitrogen and oxygen atoms in total. The summed E-state index contributed by atoms with van der Waals surface area (Å²) in [6.45, 7) is 3.77. The second-order valence-corrected chi connectivity index (χ2v) is 7.36. The highest BCUT2D eigenvalue weighted by molar-refractivity contribution is 7.89. The van der Waals surface area contributed by atoms with E-state index in [2.05, 4.69) is 14.7 Å². The van der Waals surface area contributed by atoms with Crippen LogP contribution in [0, 0.1) is 13.8 Å². The summed E-state index contributed by atoms with van der Waals surface area (Å²) >= 11 is 5.82. The number of nitrogens with one attached hydrogen (secondary N) is 1. The zero-order valence-corrected chi connectivity index (χ0v) is 14.2. The Bertz CT molecular complexity index is 982. The molecule has 3 heterocycles. The zero-order valence-electron chi connectivity index (χ0n) is 12.6. The topological polar surface area (TPSA) is 76.4 Å². The summed E-state index contributed by atoms with van der Waals surface area (Å²) in [4.78, 5) is 8.36. The van der Waals surface area contributed by atoms with Crippen LogP contribution in [0.25, 0.3) is 5.65 Å². The third kappa shape index (κ3) is 3.21. The lowest BCUT2D eigenvalue weighted by atomic mass is 10.3. The van der Waals surface area contributed by atoms with Crippen molar-refractivity contribution >= 4 is 27.3 Å². The Balaban J connectivity index is 1.83. The number of sulfonamides is 1. The Morgan fingerprint density at radius 3 is 2.78 bits per heavy atom. The summed E-state index contributed by atoms with van der Waals surface area (Å²) in [5.41, 5.74) is 3.06. The van der Waals surface area contributed by atoms with E-state index in [1.165, 1.54) is 12.3 Å². The van der Waals surface area contributed by atoms with Gasteiger partial charge in [0.05, 0.1) is 12.2 Å². The molecule has 23 heavy (non-hydrogen) atoms. The molecule has 0 radical (unpaired) electrons. The average molecular weight is 351 g/mol. The van der Waals surface area contributed by atoms with E-state index in [9.17, 15) is 8.42 Å². The van der Waals surface area contributed by atoms with Crippen LogP contribution in [-0.2, 0) is 16.6 Å². The highest BCUT2D eigenvalue weighted by Gasteiger charge is 2.16. The summed E-state index contributed by atoms with van der Waals surface area (Å²) in [6.07, 6.45) is 3.06. The molecule has 0 fully saturated rings. The number of halogens is 1. The Morgan fingerprint density at radius 1 is 1.30 bits per heavy atom. The Labute approximate surface area is 139 Å². The molecular formula is C15H15ClN4O2S. The summed E-state index contributed by atoms with van der Waals surface area (Å²) in [7, 11) is -3.67. The van der Waals surface area contributed by atoms with Crippen molar-refractivity contribution in [1.82, 2.24) is 19.1 Å². The van der Waals surface area contributed by atoms with Crippen LogP contribution in [0.1, 0.15) is 17.0 Å². The molecule has 3 aromatic heterocycles. The first-order valence-corrected chi connectivity index (χ1v) is 8.78. The summed E-state index contributed by atoms with van der Waals surface area (Å²) in [5, 5.41) is 0.291. The van der Waals surface area contributed by atoms with Gasteiger partial charge in [-0.05, 0) is 37.6 Å². The van der Waals surface area contributed by atoms with E-state index in [-0.39, 0.29) is 11.4 Å². The fourth-order valence-corrected chi connectivity index (χ4v) is 3.35. The Kier molecular flexibility index (Phi) is 4.09. The van der Waals surface area contributed by atoms with Gasteiger partial charge in [0.1, 0.15) is 15.7 Å². The number of fused-ring (bicyclic) bond motifs is 1. The summed E-state index contributed by atoms with van der Waals surface area (Å²) in [6, 6.07) is 7.24. The van der Waals surface area contributed by atoms with Gasteiger partial charge in [0.25, 0.3) is 0 Å². The molecule has 3 aromatic rings. The molecule has 0 aliphatic rings. The number of aryl methyl sites for hydroxylation is 2. The van der Waals surface area contributed by atoms with Crippen LogP contribution in [0.2, 0.25) is 5.15 Å². The Morgan fingerprint density at radius 2 is 2.09 bits per heavy atom. The van der Waals surface area contributed by atoms with E-state index in [0.717, 1.165) is 11.3 Å². The predicted molar refractivity (Wildman–Crippen MR) is 87.9 cm³/mol. The van der Waals surface area contributed by atoms with Crippen molar-refractivity contribution < 1.29 is 8.42 Å². The minimum atomic E-state index is -3.67. The van der Waals surface area contributed by atoms with Crippen molar-refractivity contribution in [2.75, 3.05) is 0 Å². The van der Waals surface area contributed by atoms with Crippen LogP contribution < -0.4 is 4.72 Å². The van der Waals surface area contributed by atoms with Crippen molar-refractivity contribution in [1.29, 1.82) is 0 Å². The van der Waals surface area contributed by atoms with Gasteiger partial charge in [-0.2, -0.15) is 0 Å². The van der Waals surface area contributed by atoms with Gasteiger partial charge in [-0.15, -0.1) is 0 Å². The quantitative estimate of drug-likeness (QED) is 0.733. The molecule has 3 rings (SSSR count). The van der Waals surface area contributed by atoms with Gasteiger partial charge >= 0.3 is 0 Å². The number of rotatable bonds is 4. The van der Waals surface area contributed by atoms with Crippen molar-refractivity contribution in [2.45, 2.75) is 25.3 Å². The van der Waals surface area contributed by atoms with Crippen molar-refractivity contribution in [2.24, 2.45) is 0 Å². The first kappa shape index (κ1) is 15.9. The van der Waals surface area contributed by atoms with Gasteiger partial charge < -0.3 is 4.40 Å². The van der Waals surface area contributed by atoms with Crippen LogP contribution in [0.4, 0.5) is 0 Å². The largest absolute Gasteiger partial charge is 0.304 e. The minimum absolute atomic E-state index is 0.0827. The smallest absolute Gasteiger partial charge is 0.242 e. The van der Waals surface area contributed by atoms with E-state index in [0.29, 0.717) is 16.4 Å². The maximum atomic E-state index is 12.3. The van der Waals surface area contributed by atoms with E-state index in [4.69, 9.17) is 11.6 Å². The van der Waals surface area contributed by atoms with E-state index >= 15 is 0 Å². The fraction of sp³-hybridized carbons (Fsp3) is 0.200. The molecule has 0 spiro atoms. The van der Waals surface area contributed by atoms with Crippen LogP contribution in [0.3, 0.4) is 0 Å². The monoisotopic (exact) mass is 350 g/mol. The number of hydrogen-bond acceptors (Lipinski definition) is 4. The third-order valence-electron chi connectivity index (χ3n) is 3.49. The highest BCUT2D eigenvalue weighted by atomic mass is 35.5. The minimum Gasteiger partial charge on any atom is -0.304 e. The van der Waals surface area contributed by atoms with Crippen molar-refractivity contribution in [3.05, 3.63) is 58.8 Å². The number of nitrogens with zero attached hydrogens (tertiary/aromatic N) is 3. The lowest BCUT2D eigenvalue weighted by Crippen LogP contribution is -2.23. The van der Waals surface area contributed by atoms with Gasteiger partial charge in [0.2, 0.25) is 10.0 Å². The molecule has 0 saturated heterocycles. The first-order valence-electron chi connectivity index (χ1n) is 6.92. The molecule has 120 valence electrons. The van der Waals surface area contributed by atoms with Crippen molar-refractivity contribution in [3.8, 4) is 0 Å². The summed E-state index contributed by atoms with van der Waals surface area (Å²) < 4.78 is 29.1. The van der Waals surface area contributed by atoms with E-state index in [1.807, 2.05) is 35.7 Å². The first-order chi connectivity index (χ1) is 10.9. The number of hydrogen-bond donors (Lipinski definition) is 1. The molecule has 0 saturated carbocycles. The second kappa shape index (κ2) is 5.92. The predicted octanol–water partition coefficient (Wildman–Crippen LogP) is 2.48. The molecule has 0 aliphatic carbocycles. The molecule has 1 N–H and O–H groups in total. The molecule has 0 aromatic carbocycles. The normalized spacial score (nSPS) is 12.0. The SMILES string of the molecule is Cc1cc(S(=O)(=O)NCc2cn3c(C)cccc3n2)cnc1Cl. The van der Waals surface area contributed by atoms with Crippen LogP contribution in [0.15, 0.2) is 41.6 Å². The maximum Gasteiger partial charge on any atom is 0.242 e. The molecular weight excluding hydrogens is 336 g/mol. The van der Waals surface area contributed by atoms with Gasteiger partial charge in [-0.3, -0.25) is 0 Å². The van der Waals surface area contributed by atoms with Gasteiger partial charge in [0, 0.05) is 18.1 Å². The molecule has 0 atom stereocenters. The van der Waals surface area contributed by atoms with E-state index < -0.39 is 10.0 Å². The molecule has 0 aliphatic heterocycles. The molecule has 8 heteroatoms. The maximum absolute atomic E-state index is 12.3. The van der Waals surface area contributed by atoms with Crippen LogP contribution >= 0.6 is 11.6 Å². The second-order valence-electron chi connectivity index (χ2n) is 5.23. The van der Waals surface area contributed by atoms with Crippen LogP contribution in [0.5, 0.6) is 0 Å². The number of aromatic nitrogens is 3. The van der Waals surface area contributed by atoms with E-state index in [1.54, 1.807) is 6.92 Å². The summed E-state index contributed by atoms with van der Waals surface area (Å²) in [5.74, 6) is 0. The lowest BCUT2D eigenvalue weighted by Gasteiger charge is -2.06. The lowest BCUT2D eigenvalue weighted by molar-refractivity contribution is 0.580. The van der Waals surface area contributed by atoms with Gasteiger partial charge in [0.15, 0.2) is 0 Å². The number of pyridine rings is 2.